The van der Waals surface area contributed by atoms with Crippen LogP contribution in [0.5, 0.6) is 0 Å². The summed E-state index contributed by atoms with van der Waals surface area (Å²) in [5.41, 5.74) is 0. The number of ether oxygens (including phenoxy) is 2. The third-order valence-electron chi connectivity index (χ3n) is 3.57. The minimum absolute atomic E-state index is 0.384. The van der Waals surface area contributed by atoms with Crippen molar-refractivity contribution in [2.24, 2.45) is 5.92 Å². The van der Waals surface area contributed by atoms with Gasteiger partial charge in [-0.3, -0.25) is 4.79 Å². The second-order valence-electron chi connectivity index (χ2n) is 5.42. The van der Waals surface area contributed by atoms with Gasteiger partial charge in [0.15, 0.2) is 0 Å². The second kappa shape index (κ2) is 18.4. The molecule has 134 valence electrons. The topological polar surface area (TPSA) is 50.8 Å². The van der Waals surface area contributed by atoms with Crippen LogP contribution in [0.4, 0.5) is 0 Å². The van der Waals surface area contributed by atoms with Crippen molar-refractivity contribution in [1.82, 2.24) is 10.2 Å². The zero-order valence-corrected chi connectivity index (χ0v) is 15.6. The van der Waals surface area contributed by atoms with Gasteiger partial charge in [0.25, 0.3) is 0 Å². The lowest BCUT2D eigenvalue weighted by Crippen LogP contribution is -2.36. The van der Waals surface area contributed by atoms with Gasteiger partial charge in [-0.1, -0.05) is 13.8 Å². The van der Waals surface area contributed by atoms with Crippen LogP contribution in [0.15, 0.2) is 0 Å². The number of carbonyl (C=O) groups excluding carboxylic acids is 1. The lowest BCUT2D eigenvalue weighted by atomic mass is 9.93. The SMILES string of the molecule is CC.COC(C)C.COCCN1CCC(CCNC=O)CC1. The molecule has 0 aromatic carbocycles. The molecule has 0 atom stereocenters. The maximum atomic E-state index is 10.1. The molecule has 1 amide bonds. The fraction of sp³-hybridized carbons (Fsp3) is 0.941. The molecule has 5 nitrogen and oxygen atoms in total. The monoisotopic (exact) mass is 318 g/mol. The standard InChI is InChI=1S/C11H22N2O2.C4H10O.C2H6/c1-15-9-8-13-6-3-11(4-7-13)2-5-12-10-14;1-4(2)5-3;1-2/h10-11H,2-9H2,1H3,(H,12,14);4H,1-3H3;1-2H3. The molecule has 1 saturated heterocycles. The summed E-state index contributed by atoms with van der Waals surface area (Å²) < 4.78 is 9.81. The third-order valence-corrected chi connectivity index (χ3v) is 3.57. The molecule has 0 aliphatic carbocycles. The van der Waals surface area contributed by atoms with Gasteiger partial charge >= 0.3 is 0 Å². The minimum atomic E-state index is 0.384. The van der Waals surface area contributed by atoms with Crippen molar-refractivity contribution in [2.75, 3.05) is 47.0 Å². The van der Waals surface area contributed by atoms with E-state index < -0.39 is 0 Å². The first-order chi connectivity index (χ1) is 10.6. The minimum Gasteiger partial charge on any atom is -0.383 e. The van der Waals surface area contributed by atoms with Crippen LogP contribution in [0.2, 0.25) is 0 Å². The zero-order chi connectivity index (χ0) is 17.2. The number of hydrogen-bond acceptors (Lipinski definition) is 4. The Morgan fingerprint density at radius 3 is 2.18 bits per heavy atom. The molecular formula is C17H38N2O3. The van der Waals surface area contributed by atoms with Crippen molar-refractivity contribution in [1.29, 1.82) is 0 Å². The lowest BCUT2D eigenvalue weighted by molar-refractivity contribution is -0.109. The van der Waals surface area contributed by atoms with Gasteiger partial charge < -0.3 is 19.7 Å². The highest BCUT2D eigenvalue weighted by Gasteiger charge is 2.18. The zero-order valence-electron chi connectivity index (χ0n) is 15.6. The molecular weight excluding hydrogens is 280 g/mol. The van der Waals surface area contributed by atoms with Gasteiger partial charge in [0, 0.05) is 27.3 Å². The number of hydrogen-bond donors (Lipinski definition) is 1. The number of amides is 1. The smallest absolute Gasteiger partial charge is 0.207 e. The van der Waals surface area contributed by atoms with Gasteiger partial charge in [-0.2, -0.15) is 0 Å². The van der Waals surface area contributed by atoms with Gasteiger partial charge in [0.05, 0.1) is 12.7 Å². The Labute approximate surface area is 137 Å². The molecule has 1 aliphatic rings. The highest BCUT2D eigenvalue weighted by atomic mass is 16.5. The highest BCUT2D eigenvalue weighted by Crippen LogP contribution is 2.19. The average Bonchev–Trinajstić information content (AvgIpc) is 2.56. The summed E-state index contributed by atoms with van der Waals surface area (Å²) in [7, 11) is 3.45. The number of carbonyl (C=O) groups is 1. The number of piperidine rings is 1. The second-order valence-corrected chi connectivity index (χ2v) is 5.42. The van der Waals surface area contributed by atoms with Crippen LogP contribution in [0.3, 0.4) is 0 Å². The Kier molecular flexibility index (Phi) is 19.7. The van der Waals surface area contributed by atoms with Crippen molar-refractivity contribution in [3.63, 3.8) is 0 Å². The van der Waals surface area contributed by atoms with Crippen LogP contribution in [0.25, 0.3) is 0 Å². The molecule has 0 saturated carbocycles. The largest absolute Gasteiger partial charge is 0.383 e. The summed E-state index contributed by atoms with van der Waals surface area (Å²) in [4.78, 5) is 12.5. The Bertz CT molecular complexity index is 218. The molecule has 0 unspecified atom stereocenters. The van der Waals surface area contributed by atoms with Gasteiger partial charge in [-0.15, -0.1) is 0 Å². The normalized spacial score (nSPS) is 15.4. The van der Waals surface area contributed by atoms with E-state index in [1.165, 1.54) is 25.9 Å². The molecule has 0 spiro atoms. The first-order valence-corrected chi connectivity index (χ1v) is 8.55. The number of rotatable bonds is 8. The van der Waals surface area contributed by atoms with Crippen LogP contribution in [0, 0.1) is 5.92 Å². The summed E-state index contributed by atoms with van der Waals surface area (Å²) in [6.45, 7) is 13.1. The van der Waals surface area contributed by atoms with E-state index in [0.717, 1.165) is 38.4 Å². The molecule has 0 bridgehead atoms. The van der Waals surface area contributed by atoms with E-state index >= 15 is 0 Å². The fourth-order valence-corrected chi connectivity index (χ4v) is 2.07. The number of nitrogens with zero attached hydrogens (tertiary/aromatic N) is 1. The van der Waals surface area contributed by atoms with E-state index in [1.54, 1.807) is 14.2 Å². The molecule has 1 aliphatic heterocycles. The maximum Gasteiger partial charge on any atom is 0.207 e. The molecule has 5 heteroatoms. The average molecular weight is 319 g/mol. The van der Waals surface area contributed by atoms with E-state index in [1.807, 2.05) is 27.7 Å². The van der Waals surface area contributed by atoms with E-state index in [-0.39, 0.29) is 0 Å². The fourth-order valence-electron chi connectivity index (χ4n) is 2.07. The van der Waals surface area contributed by atoms with E-state index in [9.17, 15) is 4.79 Å². The van der Waals surface area contributed by atoms with E-state index in [2.05, 4.69) is 10.2 Å². The van der Waals surface area contributed by atoms with Crippen molar-refractivity contribution < 1.29 is 14.3 Å². The third kappa shape index (κ3) is 15.7. The van der Waals surface area contributed by atoms with Crippen molar-refractivity contribution in [3.8, 4) is 0 Å². The molecule has 1 rings (SSSR count). The Morgan fingerprint density at radius 2 is 1.77 bits per heavy atom. The Morgan fingerprint density at radius 1 is 1.23 bits per heavy atom. The first-order valence-electron chi connectivity index (χ1n) is 8.55. The van der Waals surface area contributed by atoms with Gasteiger partial charge in [-0.05, 0) is 52.1 Å². The molecule has 1 N–H and O–H groups in total. The van der Waals surface area contributed by atoms with Crippen molar-refractivity contribution in [2.45, 2.75) is 53.1 Å². The number of methoxy groups -OCH3 is 2. The van der Waals surface area contributed by atoms with Crippen LogP contribution >= 0.6 is 0 Å². The Hall–Kier alpha value is -0.650. The highest BCUT2D eigenvalue weighted by molar-refractivity contribution is 5.45. The molecule has 1 fully saturated rings. The van der Waals surface area contributed by atoms with Crippen LogP contribution in [-0.4, -0.2) is 64.4 Å². The van der Waals surface area contributed by atoms with Crippen LogP contribution in [-0.2, 0) is 14.3 Å². The molecule has 0 aromatic rings. The summed E-state index contributed by atoms with van der Waals surface area (Å²) in [6.07, 6.45) is 4.80. The first kappa shape index (κ1) is 23.6. The van der Waals surface area contributed by atoms with Gasteiger partial charge in [0.1, 0.15) is 0 Å². The van der Waals surface area contributed by atoms with Crippen LogP contribution < -0.4 is 5.32 Å². The number of nitrogens with one attached hydrogen (secondary N) is 1. The Balaban J connectivity index is 0. The summed E-state index contributed by atoms with van der Waals surface area (Å²) >= 11 is 0. The number of likely N-dealkylation sites (tertiary alicyclic amines) is 1. The summed E-state index contributed by atoms with van der Waals surface area (Å²) in [6, 6.07) is 0. The molecule has 1 heterocycles. The van der Waals surface area contributed by atoms with Crippen molar-refractivity contribution in [3.05, 3.63) is 0 Å². The maximum absolute atomic E-state index is 10.1. The van der Waals surface area contributed by atoms with Crippen LogP contribution in [0.1, 0.15) is 47.0 Å². The van der Waals surface area contributed by atoms with E-state index in [4.69, 9.17) is 9.47 Å². The van der Waals surface area contributed by atoms with Gasteiger partial charge in [0.2, 0.25) is 6.41 Å². The predicted octanol–water partition coefficient (Wildman–Crippen LogP) is 2.55. The van der Waals surface area contributed by atoms with Crippen molar-refractivity contribution >= 4 is 6.41 Å². The quantitative estimate of drug-likeness (QED) is 0.552. The molecule has 0 radical (unpaired) electrons. The lowest BCUT2D eigenvalue weighted by Gasteiger charge is -2.31. The summed E-state index contributed by atoms with van der Waals surface area (Å²) in [5.74, 6) is 0.788. The molecule has 22 heavy (non-hydrogen) atoms. The van der Waals surface area contributed by atoms with E-state index in [0.29, 0.717) is 6.10 Å². The molecule has 0 aromatic heterocycles. The van der Waals surface area contributed by atoms with Gasteiger partial charge in [-0.25, -0.2) is 0 Å². The predicted molar refractivity (Wildman–Crippen MR) is 93.2 cm³/mol. The summed E-state index contributed by atoms with van der Waals surface area (Å²) in [5, 5.41) is 2.73.